The Hall–Kier alpha value is -0.260. The molecule has 0 aromatic carbocycles. The largest absolute Gasteiger partial charge is 0.100 e. The second-order valence-electron chi connectivity index (χ2n) is 6.93. The van der Waals surface area contributed by atoms with E-state index in [1.165, 1.54) is 95.5 Å². The second kappa shape index (κ2) is 15.1. The van der Waals surface area contributed by atoms with Crippen LogP contribution in [0, 0.1) is 5.92 Å². The molecule has 0 bridgehead atoms. The summed E-state index contributed by atoms with van der Waals surface area (Å²) in [4.78, 5) is 0. The van der Waals surface area contributed by atoms with E-state index in [9.17, 15) is 0 Å². The van der Waals surface area contributed by atoms with Crippen molar-refractivity contribution in [3.05, 3.63) is 12.2 Å². The van der Waals surface area contributed by atoms with Crippen molar-refractivity contribution in [3.8, 4) is 0 Å². The van der Waals surface area contributed by atoms with Crippen molar-refractivity contribution >= 4 is 0 Å². The Balaban J connectivity index is 3.13. The van der Waals surface area contributed by atoms with Gasteiger partial charge in [0, 0.05) is 0 Å². The maximum absolute atomic E-state index is 3.98. The van der Waals surface area contributed by atoms with E-state index in [-0.39, 0.29) is 0 Å². The van der Waals surface area contributed by atoms with E-state index in [0.717, 1.165) is 5.92 Å². The number of hydrogen-bond acceptors (Lipinski definition) is 0. The molecule has 0 aliphatic heterocycles. The zero-order chi connectivity index (χ0) is 15.1. The van der Waals surface area contributed by atoms with Gasteiger partial charge in [0.25, 0.3) is 0 Å². The van der Waals surface area contributed by atoms with Gasteiger partial charge in [-0.1, -0.05) is 96.5 Å². The number of rotatable bonds is 15. The number of hydrogen-bond donors (Lipinski definition) is 0. The third kappa shape index (κ3) is 15.8. The Morgan fingerprint density at radius 3 is 1.70 bits per heavy atom. The molecule has 0 N–H and O–H groups in total. The summed E-state index contributed by atoms with van der Waals surface area (Å²) in [5.74, 6) is 0.920. The zero-order valence-electron chi connectivity index (χ0n) is 14.7. The Bertz CT molecular complexity index is 204. The van der Waals surface area contributed by atoms with Crippen LogP contribution in [-0.4, -0.2) is 0 Å². The average molecular weight is 281 g/mol. The Labute approximate surface area is 129 Å². The molecule has 0 amide bonds. The predicted octanol–water partition coefficient (Wildman–Crippen LogP) is 7.68. The minimum atomic E-state index is 0.920. The number of unbranched alkanes of at least 4 members (excludes halogenated alkanes) is 9. The van der Waals surface area contributed by atoms with Crippen molar-refractivity contribution in [1.82, 2.24) is 0 Å². The minimum absolute atomic E-state index is 0.920. The van der Waals surface area contributed by atoms with Gasteiger partial charge in [0.05, 0.1) is 0 Å². The minimum Gasteiger partial charge on any atom is -0.100 e. The van der Waals surface area contributed by atoms with Crippen LogP contribution in [0.3, 0.4) is 0 Å². The zero-order valence-corrected chi connectivity index (χ0v) is 14.7. The van der Waals surface area contributed by atoms with Crippen molar-refractivity contribution in [3.63, 3.8) is 0 Å². The molecule has 0 nitrogen and oxygen atoms in total. The third-order valence-electron chi connectivity index (χ3n) is 4.35. The van der Waals surface area contributed by atoms with Crippen LogP contribution in [0.5, 0.6) is 0 Å². The molecule has 0 aromatic rings. The lowest BCUT2D eigenvalue weighted by Crippen LogP contribution is -1.95. The van der Waals surface area contributed by atoms with Crippen LogP contribution in [0.25, 0.3) is 0 Å². The van der Waals surface area contributed by atoms with Gasteiger partial charge in [0.2, 0.25) is 0 Å². The highest BCUT2D eigenvalue weighted by molar-refractivity contribution is 4.87. The molecule has 0 aliphatic rings. The van der Waals surface area contributed by atoms with Gasteiger partial charge in [-0.05, 0) is 25.7 Å². The first kappa shape index (κ1) is 19.7. The summed E-state index contributed by atoms with van der Waals surface area (Å²) in [6.45, 7) is 10.8. The van der Waals surface area contributed by atoms with Crippen LogP contribution in [0.15, 0.2) is 12.2 Å². The van der Waals surface area contributed by atoms with Crippen molar-refractivity contribution < 1.29 is 0 Å². The summed E-state index contributed by atoms with van der Waals surface area (Å²) in [7, 11) is 0. The van der Waals surface area contributed by atoms with Gasteiger partial charge in [-0.3, -0.25) is 0 Å². The molecular weight excluding hydrogens is 240 g/mol. The fourth-order valence-corrected chi connectivity index (χ4v) is 2.88. The van der Waals surface area contributed by atoms with Crippen LogP contribution in [0.1, 0.15) is 111 Å². The van der Waals surface area contributed by atoms with Crippen molar-refractivity contribution in [2.75, 3.05) is 0 Å². The normalized spacial score (nSPS) is 12.6. The summed E-state index contributed by atoms with van der Waals surface area (Å²) in [5.41, 5.74) is 1.34. The summed E-state index contributed by atoms with van der Waals surface area (Å²) in [5, 5.41) is 0. The van der Waals surface area contributed by atoms with Crippen LogP contribution in [-0.2, 0) is 0 Å². The number of allylic oxidation sites excluding steroid dienone is 1. The molecule has 0 spiro atoms. The molecule has 0 heterocycles. The Morgan fingerprint density at radius 2 is 1.20 bits per heavy atom. The molecule has 0 radical (unpaired) electrons. The molecular formula is C20H40. The SMILES string of the molecule is C=C(C)CCC[C@@H](C)CCCCCCCCCCCC. The summed E-state index contributed by atoms with van der Waals surface area (Å²) < 4.78 is 0. The standard InChI is InChI=1S/C20H40/c1-5-6-7-8-9-10-11-12-13-14-17-20(4)18-15-16-19(2)3/h20H,2,5-18H2,1,3-4H3/t20-/m0/s1. The molecule has 0 heteroatoms. The van der Waals surface area contributed by atoms with Crippen LogP contribution in [0.2, 0.25) is 0 Å². The molecule has 0 saturated heterocycles. The Kier molecular flexibility index (Phi) is 14.9. The first-order chi connectivity index (χ1) is 9.66. The van der Waals surface area contributed by atoms with E-state index >= 15 is 0 Å². The fourth-order valence-electron chi connectivity index (χ4n) is 2.88. The Morgan fingerprint density at radius 1 is 0.750 bits per heavy atom. The molecule has 0 rings (SSSR count). The van der Waals surface area contributed by atoms with E-state index in [2.05, 4.69) is 27.4 Å². The lowest BCUT2D eigenvalue weighted by Gasteiger charge is -2.11. The van der Waals surface area contributed by atoms with E-state index in [4.69, 9.17) is 0 Å². The second-order valence-corrected chi connectivity index (χ2v) is 6.93. The molecule has 0 aromatic heterocycles. The first-order valence-electron chi connectivity index (χ1n) is 9.31. The molecule has 20 heavy (non-hydrogen) atoms. The quantitative estimate of drug-likeness (QED) is 0.213. The highest BCUT2D eigenvalue weighted by atomic mass is 14.1. The third-order valence-corrected chi connectivity index (χ3v) is 4.35. The van der Waals surface area contributed by atoms with E-state index < -0.39 is 0 Å². The van der Waals surface area contributed by atoms with Gasteiger partial charge in [0.1, 0.15) is 0 Å². The van der Waals surface area contributed by atoms with Gasteiger partial charge in [0.15, 0.2) is 0 Å². The van der Waals surface area contributed by atoms with Gasteiger partial charge >= 0.3 is 0 Å². The lowest BCUT2D eigenvalue weighted by atomic mass is 9.96. The van der Waals surface area contributed by atoms with Gasteiger partial charge in [-0.15, -0.1) is 6.58 Å². The van der Waals surface area contributed by atoms with Crippen LogP contribution >= 0.6 is 0 Å². The topological polar surface area (TPSA) is 0 Å². The highest BCUT2D eigenvalue weighted by Crippen LogP contribution is 2.18. The average Bonchev–Trinajstić information content (AvgIpc) is 2.40. The van der Waals surface area contributed by atoms with E-state index in [1.54, 1.807) is 0 Å². The van der Waals surface area contributed by atoms with Crippen LogP contribution in [0.4, 0.5) is 0 Å². The van der Waals surface area contributed by atoms with Crippen LogP contribution < -0.4 is 0 Å². The lowest BCUT2D eigenvalue weighted by molar-refractivity contribution is 0.442. The maximum Gasteiger partial charge on any atom is -0.0326 e. The summed E-state index contributed by atoms with van der Waals surface area (Å²) in [6, 6.07) is 0. The molecule has 120 valence electrons. The smallest absolute Gasteiger partial charge is 0.0326 e. The molecule has 0 unspecified atom stereocenters. The van der Waals surface area contributed by atoms with E-state index in [1.807, 2.05) is 0 Å². The monoisotopic (exact) mass is 280 g/mol. The molecule has 1 atom stereocenters. The predicted molar refractivity (Wildman–Crippen MR) is 94.3 cm³/mol. The van der Waals surface area contributed by atoms with Gasteiger partial charge < -0.3 is 0 Å². The van der Waals surface area contributed by atoms with Gasteiger partial charge in [-0.2, -0.15) is 0 Å². The summed E-state index contributed by atoms with van der Waals surface area (Å²) >= 11 is 0. The molecule has 0 saturated carbocycles. The fraction of sp³-hybridized carbons (Fsp3) is 0.900. The summed E-state index contributed by atoms with van der Waals surface area (Å²) in [6.07, 6.45) is 19.9. The molecule has 0 aliphatic carbocycles. The van der Waals surface area contributed by atoms with Crippen molar-refractivity contribution in [1.29, 1.82) is 0 Å². The maximum atomic E-state index is 3.98. The first-order valence-corrected chi connectivity index (χ1v) is 9.31. The van der Waals surface area contributed by atoms with Gasteiger partial charge in [-0.25, -0.2) is 0 Å². The molecule has 0 fully saturated rings. The van der Waals surface area contributed by atoms with E-state index in [0.29, 0.717) is 0 Å². The van der Waals surface area contributed by atoms with Crippen molar-refractivity contribution in [2.24, 2.45) is 5.92 Å². The van der Waals surface area contributed by atoms with Crippen molar-refractivity contribution in [2.45, 2.75) is 111 Å². The highest BCUT2D eigenvalue weighted by Gasteiger charge is 2.02.